The van der Waals surface area contributed by atoms with Gasteiger partial charge in [0, 0.05) is 9.27 Å². The zero-order valence-corrected chi connectivity index (χ0v) is 19.9. The minimum atomic E-state index is 0. The van der Waals surface area contributed by atoms with E-state index in [0.717, 1.165) is 48.3 Å². The molecule has 0 aromatic rings. The van der Waals surface area contributed by atoms with Crippen LogP contribution in [0.15, 0.2) is 0 Å². The first-order valence-corrected chi connectivity index (χ1v) is 12.9. The molecule has 4 fully saturated rings. The van der Waals surface area contributed by atoms with Gasteiger partial charge >= 0.3 is 0 Å². The Morgan fingerprint density at radius 1 is 0.929 bits per heavy atom. The maximum Gasteiger partial charge on any atom is 0.129 e. The van der Waals surface area contributed by atoms with Crippen molar-refractivity contribution in [3.8, 4) is 0 Å². The van der Waals surface area contributed by atoms with Gasteiger partial charge in [0.05, 0.1) is 0 Å². The van der Waals surface area contributed by atoms with Crippen LogP contribution in [0.2, 0.25) is 0 Å². The molecule has 0 bridgehead atoms. The smallest absolute Gasteiger partial charge is 0.129 e. The Kier molecular flexibility index (Phi) is 7.03. The first kappa shape index (κ1) is 22.4. The number of Topliss-reactive ketones (excluding diaryl/α,β-unsaturated/α-hetero) is 1. The zero-order chi connectivity index (χ0) is 20.5. The first-order chi connectivity index (χ1) is 13.4. The number of rotatable bonds is 4. The van der Waals surface area contributed by atoms with Gasteiger partial charge in [-0.3, -0.25) is 0 Å². The van der Waals surface area contributed by atoms with Gasteiger partial charge < -0.3 is 4.79 Å². The van der Waals surface area contributed by atoms with Gasteiger partial charge in [-0.15, -0.1) is 0 Å². The van der Waals surface area contributed by atoms with Crippen molar-refractivity contribution in [3.05, 3.63) is 0 Å². The summed E-state index contributed by atoms with van der Waals surface area (Å²) in [5, 5.41) is 0. The van der Waals surface area contributed by atoms with Crippen LogP contribution in [0.4, 0.5) is 0 Å². The minimum Gasteiger partial charge on any atom is -0.300 e. The molecule has 1 heteroatoms. The Bertz CT molecular complexity index is 549. The topological polar surface area (TPSA) is 17.1 Å². The summed E-state index contributed by atoms with van der Waals surface area (Å²) in [7, 11) is 0. The summed E-state index contributed by atoms with van der Waals surface area (Å²) in [6.07, 6.45) is 16.9. The fourth-order valence-electron chi connectivity index (χ4n) is 8.90. The van der Waals surface area contributed by atoms with Crippen LogP contribution in [-0.4, -0.2) is 5.78 Å². The van der Waals surface area contributed by atoms with E-state index in [-0.39, 0.29) is 2.85 Å². The highest BCUT2D eigenvalue weighted by Gasteiger charge is 2.59. The lowest BCUT2D eigenvalue weighted by Gasteiger charge is -2.61. The second kappa shape index (κ2) is 8.81. The van der Waals surface area contributed by atoms with Gasteiger partial charge in [-0.1, -0.05) is 47.5 Å². The Balaban J connectivity index is 0.00000109. The van der Waals surface area contributed by atoms with Gasteiger partial charge in [-0.2, -0.15) is 0 Å². The molecule has 4 aliphatic carbocycles. The molecular weight excluding hydrogens is 340 g/mol. The van der Waals surface area contributed by atoms with Gasteiger partial charge in [0.15, 0.2) is 0 Å². The number of carbonyl (C=O) groups excluding carboxylic acids is 1. The molecular formula is C27H52O. The highest BCUT2D eigenvalue weighted by Crippen LogP contribution is 2.68. The molecule has 0 amide bonds. The van der Waals surface area contributed by atoms with E-state index in [4.69, 9.17) is 0 Å². The van der Waals surface area contributed by atoms with E-state index in [1.807, 2.05) is 13.8 Å². The van der Waals surface area contributed by atoms with Crippen molar-refractivity contribution in [1.82, 2.24) is 0 Å². The second-order valence-electron chi connectivity index (χ2n) is 11.3. The normalized spacial score (nSPS) is 45.7. The fraction of sp³-hybridized carbons (Fsp3) is 0.963. The number of ketones is 1. The van der Waals surface area contributed by atoms with Crippen LogP contribution in [0.1, 0.15) is 121 Å². The molecule has 0 aromatic heterocycles. The molecule has 0 saturated heterocycles. The molecule has 0 aromatic carbocycles. The number of hydrogen-bond donors (Lipinski definition) is 0. The quantitative estimate of drug-likeness (QED) is 0.468. The average Bonchev–Trinajstić information content (AvgIpc) is 3.04. The van der Waals surface area contributed by atoms with Crippen LogP contribution in [0.5, 0.6) is 0 Å². The van der Waals surface area contributed by atoms with Crippen LogP contribution in [0.25, 0.3) is 0 Å². The van der Waals surface area contributed by atoms with Crippen LogP contribution in [0, 0.1) is 46.3 Å². The molecule has 4 aliphatic rings. The largest absolute Gasteiger partial charge is 0.300 e. The van der Waals surface area contributed by atoms with Crippen molar-refractivity contribution in [1.29, 1.82) is 0 Å². The summed E-state index contributed by atoms with van der Waals surface area (Å²) >= 11 is 0. The van der Waals surface area contributed by atoms with Crippen LogP contribution < -0.4 is 0 Å². The van der Waals surface area contributed by atoms with E-state index in [2.05, 4.69) is 20.8 Å². The molecule has 0 radical (unpaired) electrons. The highest BCUT2D eigenvalue weighted by molar-refractivity contribution is 5.75. The SMILES string of the molecule is CC.CC(=O)CC[C@@H](C)[C@H]1CCC2[C@@H]3CCC4CCCC[C@]4(C)C3CC[C@@]21C.[HH].[HH]. The van der Waals surface area contributed by atoms with Gasteiger partial charge in [-0.25, -0.2) is 0 Å². The third-order valence-corrected chi connectivity index (χ3v) is 10.3. The first-order valence-electron chi connectivity index (χ1n) is 12.9. The molecule has 4 rings (SSSR count). The van der Waals surface area contributed by atoms with E-state index in [1.54, 1.807) is 6.92 Å². The summed E-state index contributed by atoms with van der Waals surface area (Å²) in [4.78, 5) is 11.5. The van der Waals surface area contributed by atoms with E-state index >= 15 is 0 Å². The zero-order valence-electron chi connectivity index (χ0n) is 19.9. The molecule has 3 unspecified atom stereocenters. The fourth-order valence-corrected chi connectivity index (χ4v) is 8.90. The van der Waals surface area contributed by atoms with E-state index in [1.165, 1.54) is 64.2 Å². The Hall–Kier alpha value is -0.330. The molecule has 0 heterocycles. The molecule has 166 valence electrons. The Morgan fingerprint density at radius 3 is 2.36 bits per heavy atom. The van der Waals surface area contributed by atoms with Crippen molar-refractivity contribution in [3.63, 3.8) is 0 Å². The summed E-state index contributed by atoms with van der Waals surface area (Å²) < 4.78 is 0. The number of fused-ring (bicyclic) bond motifs is 5. The van der Waals surface area contributed by atoms with Crippen LogP contribution >= 0.6 is 0 Å². The molecule has 28 heavy (non-hydrogen) atoms. The second-order valence-corrected chi connectivity index (χ2v) is 11.3. The number of carbonyl (C=O) groups is 1. The third-order valence-electron chi connectivity index (χ3n) is 10.3. The molecule has 1 nitrogen and oxygen atoms in total. The van der Waals surface area contributed by atoms with E-state index < -0.39 is 0 Å². The lowest BCUT2D eigenvalue weighted by atomic mass is 9.44. The van der Waals surface area contributed by atoms with Crippen molar-refractivity contribution < 1.29 is 7.65 Å². The van der Waals surface area contributed by atoms with Gasteiger partial charge in [0.1, 0.15) is 5.78 Å². The lowest BCUT2D eigenvalue weighted by Crippen LogP contribution is -2.53. The predicted molar refractivity (Wildman–Crippen MR) is 124 cm³/mol. The summed E-state index contributed by atoms with van der Waals surface area (Å²) in [6, 6.07) is 0. The van der Waals surface area contributed by atoms with Crippen molar-refractivity contribution in [2.75, 3.05) is 0 Å². The van der Waals surface area contributed by atoms with Crippen molar-refractivity contribution >= 4 is 5.78 Å². The summed E-state index contributed by atoms with van der Waals surface area (Å²) in [5.41, 5.74) is 1.23. The van der Waals surface area contributed by atoms with Gasteiger partial charge in [0.2, 0.25) is 0 Å². The van der Waals surface area contributed by atoms with Gasteiger partial charge in [0.25, 0.3) is 0 Å². The highest BCUT2D eigenvalue weighted by atomic mass is 16.1. The average molecular weight is 393 g/mol. The van der Waals surface area contributed by atoms with Crippen molar-refractivity contribution in [2.24, 2.45) is 46.3 Å². The van der Waals surface area contributed by atoms with E-state index in [0.29, 0.717) is 16.6 Å². The minimum absolute atomic E-state index is 0. The summed E-state index contributed by atoms with van der Waals surface area (Å²) in [6.45, 7) is 13.6. The summed E-state index contributed by atoms with van der Waals surface area (Å²) in [5.74, 6) is 6.02. The third kappa shape index (κ3) is 3.74. The Labute approximate surface area is 178 Å². The molecule has 0 aliphatic heterocycles. The van der Waals surface area contributed by atoms with Crippen LogP contribution in [0.3, 0.4) is 0 Å². The van der Waals surface area contributed by atoms with Crippen LogP contribution in [-0.2, 0) is 4.79 Å². The lowest BCUT2D eigenvalue weighted by molar-refractivity contribution is -0.119. The molecule has 4 saturated carbocycles. The maximum atomic E-state index is 11.5. The molecule has 0 N–H and O–H groups in total. The molecule has 8 atom stereocenters. The van der Waals surface area contributed by atoms with Crippen molar-refractivity contribution in [2.45, 2.75) is 119 Å². The monoisotopic (exact) mass is 392 g/mol. The predicted octanol–water partition coefficient (Wildman–Crippen LogP) is 8.56. The van der Waals surface area contributed by atoms with Gasteiger partial charge in [-0.05, 0) is 111 Å². The molecule has 0 spiro atoms. The maximum absolute atomic E-state index is 11.5. The number of hydrogen-bond acceptors (Lipinski definition) is 1. The van der Waals surface area contributed by atoms with E-state index in [9.17, 15) is 4.79 Å². The standard InChI is InChI=1S/C25H42O.C2H6.2H2/c1-17(8-9-18(2)26)21-12-13-22-20-11-10-19-7-5-6-15-24(19,3)23(20)14-16-25(21,22)4;1-2;;/h17,19-23H,5-16H2,1-4H3;1-2H3;2*1H/t17-,19?,20+,21-,22?,23?,24+,25-;;;/m1.../s1. The Morgan fingerprint density at radius 2 is 1.64 bits per heavy atom.